The molecule has 10 nitrogen and oxygen atoms in total. The van der Waals surface area contributed by atoms with Crippen LogP contribution < -0.4 is 15.0 Å². The van der Waals surface area contributed by atoms with Crippen molar-refractivity contribution in [1.82, 2.24) is 8.87 Å². The van der Waals surface area contributed by atoms with Crippen molar-refractivity contribution in [2.75, 3.05) is 33.1 Å². The van der Waals surface area contributed by atoms with Gasteiger partial charge in [-0.2, -0.15) is 4.31 Å². The van der Waals surface area contributed by atoms with Gasteiger partial charge in [-0.15, -0.1) is 0 Å². The monoisotopic (exact) mass is 561 g/mol. The Balaban J connectivity index is 1.40. The number of hydrogen-bond donors (Lipinski definition) is 1. The molecule has 40 heavy (non-hydrogen) atoms. The number of nitrogens with zero attached hydrogens (tertiary/aromatic N) is 3. The fourth-order valence-electron chi connectivity index (χ4n) is 4.92. The summed E-state index contributed by atoms with van der Waals surface area (Å²) in [6.45, 7) is 3.26. The summed E-state index contributed by atoms with van der Waals surface area (Å²) >= 11 is 0. The summed E-state index contributed by atoms with van der Waals surface area (Å²) in [6.07, 6.45) is 1.46. The molecule has 2 aliphatic rings. The molecule has 6 rings (SSSR count). The third-order valence-electron chi connectivity index (χ3n) is 7.07. The van der Waals surface area contributed by atoms with Gasteiger partial charge in [-0.3, -0.25) is 14.4 Å². The molecule has 0 radical (unpaired) electrons. The smallest absolute Gasteiger partial charge is 0.261 e. The zero-order valence-corrected chi connectivity index (χ0v) is 22.6. The number of sulfonamides is 1. The molecule has 3 aromatic carbocycles. The minimum Gasteiger partial charge on any atom is -0.494 e. The summed E-state index contributed by atoms with van der Waals surface area (Å²) in [4.78, 5) is 18.1. The fourth-order valence-corrected chi connectivity index (χ4v) is 6.57. The molecule has 4 aromatic rings. The average Bonchev–Trinajstić information content (AvgIpc) is 3.44. The standard InChI is InChI=1S/C29H27N3O7S/c1-19-6-8-21(15-27(19)40(35,36)31-10-12-37-13-11-31)30-16-24-22-4-2-3-5-23(22)28(33)32(29(24)34)17-20-7-9-25-26(14-20)39-18-38-25/h2-9,14-16,34H,10-13,17-18H2,1H3. The number of aromatic hydroxyl groups is 1. The van der Waals surface area contributed by atoms with Crippen molar-refractivity contribution in [2.24, 2.45) is 4.99 Å². The van der Waals surface area contributed by atoms with E-state index < -0.39 is 10.0 Å². The number of benzene rings is 3. The minimum atomic E-state index is -3.73. The van der Waals surface area contributed by atoms with Crippen LogP contribution in [0, 0.1) is 6.92 Å². The summed E-state index contributed by atoms with van der Waals surface area (Å²) in [5, 5.41) is 12.2. The Labute approximate surface area is 230 Å². The summed E-state index contributed by atoms with van der Waals surface area (Å²) in [7, 11) is -3.73. The van der Waals surface area contributed by atoms with Crippen LogP contribution in [0.15, 0.2) is 75.3 Å². The molecule has 11 heteroatoms. The molecule has 0 atom stereocenters. The molecule has 0 unspecified atom stereocenters. The molecule has 1 saturated heterocycles. The van der Waals surface area contributed by atoms with Gasteiger partial charge < -0.3 is 19.3 Å². The maximum Gasteiger partial charge on any atom is 0.261 e. The largest absolute Gasteiger partial charge is 0.494 e. The summed E-state index contributed by atoms with van der Waals surface area (Å²) in [5.41, 5.74) is 1.74. The van der Waals surface area contributed by atoms with E-state index in [-0.39, 0.29) is 29.7 Å². The Morgan fingerprint density at radius 2 is 1.73 bits per heavy atom. The lowest BCUT2D eigenvalue weighted by Gasteiger charge is -2.26. The van der Waals surface area contributed by atoms with E-state index in [9.17, 15) is 18.3 Å². The highest BCUT2D eigenvalue weighted by Gasteiger charge is 2.28. The van der Waals surface area contributed by atoms with Crippen LogP contribution in [0.2, 0.25) is 0 Å². The van der Waals surface area contributed by atoms with Crippen molar-refractivity contribution in [3.05, 3.63) is 87.7 Å². The van der Waals surface area contributed by atoms with Gasteiger partial charge in [-0.1, -0.05) is 30.3 Å². The Bertz CT molecular complexity index is 1810. The number of aromatic nitrogens is 1. The highest BCUT2D eigenvalue weighted by molar-refractivity contribution is 7.89. The van der Waals surface area contributed by atoms with E-state index >= 15 is 0 Å². The molecule has 0 saturated carbocycles. The number of morpholine rings is 1. The lowest BCUT2D eigenvalue weighted by molar-refractivity contribution is 0.0730. The number of aryl methyl sites for hydroxylation is 1. The van der Waals surface area contributed by atoms with Crippen LogP contribution in [0.25, 0.3) is 10.8 Å². The lowest BCUT2D eigenvalue weighted by Crippen LogP contribution is -2.40. The van der Waals surface area contributed by atoms with Crippen LogP contribution in [0.1, 0.15) is 16.7 Å². The first-order chi connectivity index (χ1) is 19.3. The molecule has 1 N–H and O–H groups in total. The van der Waals surface area contributed by atoms with E-state index in [1.165, 1.54) is 21.2 Å². The van der Waals surface area contributed by atoms with Crippen LogP contribution in [-0.2, 0) is 21.3 Å². The molecule has 206 valence electrons. The number of hydrogen-bond acceptors (Lipinski definition) is 8. The van der Waals surface area contributed by atoms with Crippen molar-refractivity contribution in [3.8, 4) is 17.4 Å². The van der Waals surface area contributed by atoms with Gasteiger partial charge in [-0.25, -0.2) is 8.42 Å². The molecular formula is C29H27N3O7S. The second-order valence-corrected chi connectivity index (χ2v) is 11.5. The van der Waals surface area contributed by atoms with Gasteiger partial charge in [0.05, 0.1) is 35.9 Å². The van der Waals surface area contributed by atoms with E-state index in [2.05, 4.69) is 4.99 Å². The van der Waals surface area contributed by atoms with Gasteiger partial charge in [0.15, 0.2) is 11.5 Å². The maximum absolute atomic E-state index is 13.4. The van der Waals surface area contributed by atoms with Gasteiger partial charge in [0.2, 0.25) is 22.7 Å². The van der Waals surface area contributed by atoms with Crippen LogP contribution in [-0.4, -0.2) is 61.7 Å². The number of ether oxygens (including phenoxy) is 3. The van der Waals surface area contributed by atoms with Crippen LogP contribution in [0.3, 0.4) is 0 Å². The van der Waals surface area contributed by atoms with Gasteiger partial charge >= 0.3 is 0 Å². The molecule has 0 bridgehead atoms. The Morgan fingerprint density at radius 1 is 0.975 bits per heavy atom. The van der Waals surface area contributed by atoms with E-state index in [1.807, 2.05) is 6.07 Å². The van der Waals surface area contributed by atoms with Crippen molar-refractivity contribution in [3.63, 3.8) is 0 Å². The van der Waals surface area contributed by atoms with Crippen LogP contribution in [0.5, 0.6) is 17.4 Å². The average molecular weight is 562 g/mol. The van der Waals surface area contributed by atoms with E-state index in [0.29, 0.717) is 65.4 Å². The quantitative estimate of drug-likeness (QED) is 0.358. The third-order valence-corrected chi connectivity index (χ3v) is 9.11. The molecular weight excluding hydrogens is 534 g/mol. The van der Waals surface area contributed by atoms with Crippen molar-refractivity contribution < 1.29 is 27.7 Å². The molecule has 0 amide bonds. The topological polar surface area (TPSA) is 120 Å². The van der Waals surface area contributed by atoms with Crippen LogP contribution in [0.4, 0.5) is 5.69 Å². The van der Waals surface area contributed by atoms with E-state index in [4.69, 9.17) is 14.2 Å². The number of rotatable bonds is 6. The van der Waals surface area contributed by atoms with Gasteiger partial charge in [-0.05, 0) is 48.4 Å². The second kappa shape index (κ2) is 10.4. The summed E-state index contributed by atoms with van der Waals surface area (Å²) < 4.78 is 45.5. The second-order valence-electron chi connectivity index (χ2n) is 9.59. The minimum absolute atomic E-state index is 0.0967. The zero-order chi connectivity index (χ0) is 27.9. The molecule has 1 fully saturated rings. The SMILES string of the molecule is Cc1ccc(N=Cc2c(O)n(Cc3ccc4c(c3)OCO4)c(=O)c3ccccc23)cc1S(=O)(=O)N1CCOCC1. The molecule has 1 aromatic heterocycles. The summed E-state index contributed by atoms with van der Waals surface area (Å²) in [6, 6.07) is 17.3. The van der Waals surface area contributed by atoms with E-state index in [0.717, 1.165) is 5.56 Å². The van der Waals surface area contributed by atoms with Crippen molar-refractivity contribution in [2.45, 2.75) is 18.4 Å². The van der Waals surface area contributed by atoms with Crippen molar-refractivity contribution in [1.29, 1.82) is 0 Å². The summed E-state index contributed by atoms with van der Waals surface area (Å²) in [5.74, 6) is 0.952. The first kappa shape index (κ1) is 26.1. The van der Waals surface area contributed by atoms with Gasteiger partial charge in [0.25, 0.3) is 5.56 Å². The highest BCUT2D eigenvalue weighted by Crippen LogP contribution is 2.33. The normalized spacial score (nSPS) is 15.7. The predicted molar refractivity (Wildman–Crippen MR) is 150 cm³/mol. The van der Waals surface area contributed by atoms with Crippen LogP contribution >= 0.6 is 0 Å². The van der Waals surface area contributed by atoms with Gasteiger partial charge in [0, 0.05) is 30.1 Å². The number of aliphatic imine (C=N–C) groups is 1. The zero-order valence-electron chi connectivity index (χ0n) is 21.7. The number of pyridine rings is 1. The molecule has 0 aliphatic carbocycles. The Kier molecular flexibility index (Phi) is 6.78. The first-order valence-corrected chi connectivity index (χ1v) is 14.2. The third kappa shape index (κ3) is 4.72. The molecule has 0 spiro atoms. The van der Waals surface area contributed by atoms with Crippen molar-refractivity contribution >= 4 is 32.7 Å². The first-order valence-electron chi connectivity index (χ1n) is 12.8. The molecule has 2 aliphatic heterocycles. The lowest BCUT2D eigenvalue weighted by atomic mass is 10.1. The number of fused-ring (bicyclic) bond motifs is 2. The maximum atomic E-state index is 13.4. The molecule has 3 heterocycles. The Hall–Kier alpha value is -4.19. The van der Waals surface area contributed by atoms with E-state index in [1.54, 1.807) is 55.5 Å². The fraction of sp³-hybridized carbons (Fsp3) is 0.241. The van der Waals surface area contributed by atoms with Gasteiger partial charge in [0.1, 0.15) is 0 Å². The highest BCUT2D eigenvalue weighted by atomic mass is 32.2. The predicted octanol–water partition coefficient (Wildman–Crippen LogP) is 3.56. The Morgan fingerprint density at radius 3 is 2.52 bits per heavy atom.